The fourth-order valence-corrected chi connectivity index (χ4v) is 3.46. The van der Waals surface area contributed by atoms with E-state index >= 15 is 0 Å². The van der Waals surface area contributed by atoms with Crippen molar-refractivity contribution in [2.75, 3.05) is 5.32 Å². The highest BCUT2D eigenvalue weighted by Gasteiger charge is 2.16. The monoisotopic (exact) mass is 440 g/mol. The second-order valence-electron chi connectivity index (χ2n) is 9.19. The molecule has 4 rings (SSSR count). The lowest BCUT2D eigenvalue weighted by molar-refractivity contribution is -0.115. The van der Waals surface area contributed by atoms with Crippen molar-refractivity contribution in [2.24, 2.45) is 7.05 Å². The fourth-order valence-electron chi connectivity index (χ4n) is 3.46. The molecule has 1 aromatic carbocycles. The van der Waals surface area contributed by atoms with Gasteiger partial charge in [-0.25, -0.2) is 9.97 Å². The number of hydrogen-bond acceptors (Lipinski definition) is 5. The zero-order valence-corrected chi connectivity index (χ0v) is 19.4. The number of aromatic nitrogens is 5. The first-order valence-corrected chi connectivity index (χ1v) is 10.9. The molecule has 0 aliphatic rings. The normalized spacial score (nSPS) is 11.4. The molecule has 0 saturated heterocycles. The molecule has 168 valence electrons. The summed E-state index contributed by atoms with van der Waals surface area (Å²) in [5.74, 6) is 0.697. The van der Waals surface area contributed by atoms with Crippen LogP contribution in [0.2, 0.25) is 0 Å². The highest BCUT2D eigenvalue weighted by molar-refractivity contribution is 5.92. The van der Waals surface area contributed by atoms with E-state index in [0.717, 1.165) is 39.5 Å². The van der Waals surface area contributed by atoms with Gasteiger partial charge in [-0.05, 0) is 28.8 Å². The Bertz CT molecular complexity index is 1240. The minimum atomic E-state index is -0.0722. The molecule has 0 fully saturated rings. The van der Waals surface area contributed by atoms with Crippen molar-refractivity contribution in [3.8, 4) is 11.1 Å². The molecule has 0 spiro atoms. The van der Waals surface area contributed by atoms with Crippen molar-refractivity contribution in [3.05, 3.63) is 90.0 Å². The lowest BCUT2D eigenvalue weighted by atomic mass is 9.91. The van der Waals surface area contributed by atoms with Gasteiger partial charge in [0.05, 0.1) is 12.6 Å². The summed E-state index contributed by atoms with van der Waals surface area (Å²) in [6.07, 6.45) is 10.1. The third kappa shape index (κ3) is 5.88. The van der Waals surface area contributed by atoms with Gasteiger partial charge in [0.2, 0.25) is 5.91 Å². The summed E-state index contributed by atoms with van der Waals surface area (Å²) >= 11 is 0. The van der Waals surface area contributed by atoms with Gasteiger partial charge in [-0.15, -0.1) is 0 Å². The summed E-state index contributed by atoms with van der Waals surface area (Å²) < 4.78 is 1.77. The summed E-state index contributed by atoms with van der Waals surface area (Å²) in [4.78, 5) is 25.9. The third-order valence-electron chi connectivity index (χ3n) is 5.29. The second kappa shape index (κ2) is 9.32. The molecule has 0 aliphatic carbocycles. The first-order chi connectivity index (χ1) is 15.8. The highest BCUT2D eigenvalue weighted by atomic mass is 16.1. The number of nitrogens with zero attached hydrogens (tertiary/aromatic N) is 5. The number of hydrogen-bond donors (Lipinski definition) is 1. The predicted octanol–water partition coefficient (Wildman–Crippen LogP) is 4.34. The number of benzene rings is 1. The summed E-state index contributed by atoms with van der Waals surface area (Å²) in [7, 11) is 1.89. The number of carbonyl (C=O) groups is 1. The molecule has 3 heterocycles. The summed E-state index contributed by atoms with van der Waals surface area (Å²) in [5, 5.41) is 7.15. The molecule has 0 unspecified atom stereocenters. The number of anilines is 1. The van der Waals surface area contributed by atoms with Crippen molar-refractivity contribution in [2.45, 2.75) is 39.0 Å². The van der Waals surface area contributed by atoms with Crippen LogP contribution in [-0.4, -0.2) is 30.6 Å². The molecule has 7 heteroatoms. The molecule has 0 aliphatic heterocycles. The number of amides is 1. The zero-order chi connectivity index (χ0) is 23.4. The van der Waals surface area contributed by atoms with Crippen LogP contribution in [0.15, 0.2) is 67.4 Å². The van der Waals surface area contributed by atoms with E-state index in [1.165, 1.54) is 0 Å². The van der Waals surface area contributed by atoms with Crippen LogP contribution in [0.3, 0.4) is 0 Å². The minimum absolute atomic E-state index is 0.0584. The molecular formula is C26H28N6O. The molecular weight excluding hydrogens is 412 g/mol. The van der Waals surface area contributed by atoms with E-state index in [1.54, 1.807) is 10.9 Å². The Kier molecular flexibility index (Phi) is 6.31. The predicted molar refractivity (Wildman–Crippen MR) is 129 cm³/mol. The van der Waals surface area contributed by atoms with E-state index in [2.05, 4.69) is 46.1 Å². The molecule has 1 N–H and O–H groups in total. The van der Waals surface area contributed by atoms with Crippen molar-refractivity contribution in [3.63, 3.8) is 0 Å². The summed E-state index contributed by atoms with van der Waals surface area (Å²) in [6, 6.07) is 11.7. The largest absolute Gasteiger partial charge is 0.326 e. The van der Waals surface area contributed by atoms with Gasteiger partial charge in [-0.3, -0.25) is 14.5 Å². The molecule has 1 amide bonds. The molecule has 3 aromatic heterocycles. The first kappa shape index (κ1) is 22.3. The number of nitrogens with one attached hydrogen (secondary N) is 1. The van der Waals surface area contributed by atoms with Crippen LogP contribution in [0.4, 0.5) is 5.69 Å². The first-order valence-electron chi connectivity index (χ1n) is 10.9. The maximum atomic E-state index is 12.5. The number of pyridine rings is 1. The molecule has 7 nitrogen and oxygen atoms in total. The van der Waals surface area contributed by atoms with E-state index < -0.39 is 0 Å². The lowest BCUT2D eigenvalue weighted by Crippen LogP contribution is -2.17. The van der Waals surface area contributed by atoms with Crippen LogP contribution in [0.1, 0.15) is 43.4 Å². The van der Waals surface area contributed by atoms with Gasteiger partial charge in [0.25, 0.3) is 0 Å². The Balaban J connectivity index is 1.36. The maximum Gasteiger partial charge on any atom is 0.228 e. The number of rotatable bonds is 6. The van der Waals surface area contributed by atoms with E-state index in [1.807, 2.05) is 68.2 Å². The standard InChI is InChI=1S/C26H28N6O/c1-26(2,3)23-13-22(9-10-27-23)31-25(33)12-18-5-7-20(8-6-18)21-15-28-24(29-16-21)11-19-14-30-32(4)17-19/h5-10,13-17H,11-12H2,1-4H3,(H,27,31,33). The third-order valence-corrected chi connectivity index (χ3v) is 5.29. The van der Waals surface area contributed by atoms with E-state index in [0.29, 0.717) is 12.8 Å². The van der Waals surface area contributed by atoms with Crippen LogP contribution >= 0.6 is 0 Å². The fraction of sp³-hybridized carbons (Fsp3) is 0.269. The van der Waals surface area contributed by atoms with Crippen LogP contribution < -0.4 is 5.32 Å². The molecule has 0 saturated carbocycles. The molecule has 33 heavy (non-hydrogen) atoms. The number of carbonyl (C=O) groups excluding carboxylic acids is 1. The summed E-state index contributed by atoms with van der Waals surface area (Å²) in [6.45, 7) is 6.30. The van der Waals surface area contributed by atoms with Crippen molar-refractivity contribution in [1.82, 2.24) is 24.7 Å². The molecule has 0 bridgehead atoms. The molecule has 0 atom stereocenters. The smallest absolute Gasteiger partial charge is 0.228 e. The van der Waals surface area contributed by atoms with Crippen LogP contribution in [0.25, 0.3) is 11.1 Å². The topological polar surface area (TPSA) is 85.6 Å². The van der Waals surface area contributed by atoms with Crippen LogP contribution in [-0.2, 0) is 30.1 Å². The van der Waals surface area contributed by atoms with Crippen molar-refractivity contribution >= 4 is 11.6 Å². The maximum absolute atomic E-state index is 12.5. The second-order valence-corrected chi connectivity index (χ2v) is 9.19. The van der Waals surface area contributed by atoms with E-state index in [-0.39, 0.29) is 11.3 Å². The quantitative estimate of drug-likeness (QED) is 0.482. The van der Waals surface area contributed by atoms with Gasteiger partial charge >= 0.3 is 0 Å². The average molecular weight is 441 g/mol. The number of aryl methyl sites for hydroxylation is 1. The van der Waals surface area contributed by atoms with Crippen molar-refractivity contribution < 1.29 is 4.79 Å². The Morgan fingerprint density at radius 1 is 0.939 bits per heavy atom. The Morgan fingerprint density at radius 2 is 1.67 bits per heavy atom. The lowest BCUT2D eigenvalue weighted by Gasteiger charge is -2.18. The van der Waals surface area contributed by atoms with Crippen LogP contribution in [0, 0.1) is 0 Å². The van der Waals surface area contributed by atoms with Crippen LogP contribution in [0.5, 0.6) is 0 Å². The van der Waals surface area contributed by atoms with E-state index in [9.17, 15) is 4.79 Å². The molecule has 0 radical (unpaired) electrons. The van der Waals surface area contributed by atoms with Gasteiger partial charge in [-0.1, -0.05) is 45.0 Å². The van der Waals surface area contributed by atoms with Gasteiger partial charge in [0.15, 0.2) is 0 Å². The van der Waals surface area contributed by atoms with Gasteiger partial charge < -0.3 is 5.32 Å². The summed E-state index contributed by atoms with van der Waals surface area (Å²) in [5.41, 5.74) is 5.60. The highest BCUT2D eigenvalue weighted by Crippen LogP contribution is 2.23. The zero-order valence-electron chi connectivity index (χ0n) is 19.4. The van der Waals surface area contributed by atoms with Gasteiger partial charge in [0.1, 0.15) is 5.82 Å². The Labute approximate surface area is 193 Å². The van der Waals surface area contributed by atoms with Gasteiger partial charge in [-0.2, -0.15) is 5.10 Å². The average Bonchev–Trinajstić information content (AvgIpc) is 3.19. The Morgan fingerprint density at radius 3 is 2.30 bits per heavy atom. The van der Waals surface area contributed by atoms with Crippen molar-refractivity contribution in [1.29, 1.82) is 0 Å². The SMILES string of the molecule is Cn1cc(Cc2ncc(-c3ccc(CC(=O)Nc4ccnc(C(C)(C)C)c4)cc3)cn2)cn1. The Hall–Kier alpha value is -3.87. The molecule has 4 aromatic rings. The van der Waals surface area contributed by atoms with E-state index in [4.69, 9.17) is 0 Å². The van der Waals surface area contributed by atoms with Gasteiger partial charge in [0, 0.05) is 60.6 Å². The minimum Gasteiger partial charge on any atom is -0.326 e.